The Morgan fingerprint density at radius 2 is 1.54 bits per heavy atom. The summed E-state index contributed by atoms with van der Waals surface area (Å²) in [7, 11) is 0. The number of thiol groups is 2. The Bertz CT molecular complexity index is 620. The van der Waals surface area contributed by atoms with Crippen LogP contribution in [0, 0.1) is 11.8 Å². The van der Waals surface area contributed by atoms with Crippen LogP contribution in [0.25, 0.3) is 0 Å². The van der Waals surface area contributed by atoms with Gasteiger partial charge < -0.3 is 9.47 Å². The van der Waals surface area contributed by atoms with Crippen LogP contribution >= 0.6 is 25.3 Å². The molecular weight excluding hydrogens is 476 g/mol. The minimum absolute atomic E-state index is 0.0598. The lowest BCUT2D eigenvalue weighted by Crippen LogP contribution is -2.11. The monoisotopic (exact) mass is 526 g/mol. The van der Waals surface area contributed by atoms with Crippen molar-refractivity contribution < 1.29 is 19.1 Å². The predicted molar refractivity (Wildman–Crippen MR) is 154 cm³/mol. The number of hydrogen-bond donors (Lipinski definition) is 2. The second-order valence-corrected chi connectivity index (χ2v) is 9.44. The third kappa shape index (κ3) is 19.7. The Kier molecular flexibility index (Phi) is 23.8. The molecule has 0 aliphatic heterocycles. The standard InChI is InChI=1S/C16H22O2.C12H24O2S.CH4S/c17-16(12-5-4-7-14-10-6-11-14)18-13-15-8-2-1-3-9-15;1-3-7-11(10-15)8-5-6-9-12(13)14-4-2;1-2/h1-3,8-9,14H,4-7,10-13H2;11,15H,3-10H2,1-2H3;2H,1H3. The van der Waals surface area contributed by atoms with Gasteiger partial charge in [-0.2, -0.15) is 25.3 Å². The third-order valence-electron chi connectivity index (χ3n) is 6.21. The summed E-state index contributed by atoms with van der Waals surface area (Å²) in [6, 6.07) is 9.84. The van der Waals surface area contributed by atoms with E-state index in [0.717, 1.165) is 42.4 Å². The molecule has 0 radical (unpaired) electrons. The summed E-state index contributed by atoms with van der Waals surface area (Å²) in [5.41, 5.74) is 1.06. The highest BCUT2D eigenvalue weighted by Crippen LogP contribution is 2.31. The lowest BCUT2D eigenvalue weighted by Gasteiger charge is -2.24. The fourth-order valence-electron chi connectivity index (χ4n) is 3.96. The molecule has 1 unspecified atom stereocenters. The molecule has 0 heterocycles. The minimum atomic E-state index is -0.0625. The number of carbonyl (C=O) groups excluding carboxylic acids is 2. The molecule has 1 atom stereocenters. The van der Waals surface area contributed by atoms with Crippen molar-refractivity contribution in [1.82, 2.24) is 0 Å². The molecule has 1 aromatic rings. The van der Waals surface area contributed by atoms with Crippen molar-refractivity contribution in [2.45, 2.75) is 104 Å². The van der Waals surface area contributed by atoms with Crippen LogP contribution in [0.5, 0.6) is 0 Å². The van der Waals surface area contributed by atoms with E-state index in [-0.39, 0.29) is 11.9 Å². The number of ether oxygens (including phenoxy) is 2. The molecular formula is C29H50O4S2. The van der Waals surface area contributed by atoms with E-state index in [2.05, 4.69) is 32.2 Å². The Morgan fingerprint density at radius 3 is 2.09 bits per heavy atom. The smallest absolute Gasteiger partial charge is 0.306 e. The number of benzene rings is 1. The summed E-state index contributed by atoms with van der Waals surface area (Å²) >= 11 is 7.86. The van der Waals surface area contributed by atoms with Gasteiger partial charge in [0.05, 0.1) is 6.61 Å². The molecule has 1 fully saturated rings. The van der Waals surface area contributed by atoms with E-state index >= 15 is 0 Å². The molecule has 0 N–H and O–H groups in total. The molecule has 1 aromatic carbocycles. The number of unbranched alkanes of at least 4 members (excludes halogenated alkanes) is 2. The van der Waals surface area contributed by atoms with Gasteiger partial charge in [-0.1, -0.05) is 82.2 Å². The van der Waals surface area contributed by atoms with Gasteiger partial charge in [-0.15, -0.1) is 0 Å². The van der Waals surface area contributed by atoms with Crippen LogP contribution in [0.4, 0.5) is 0 Å². The summed E-state index contributed by atoms with van der Waals surface area (Å²) in [5.74, 6) is 2.52. The first-order valence-electron chi connectivity index (χ1n) is 13.5. The SMILES string of the molecule is CCCC(CS)CCCCC(=O)OCC.CS.O=C(CCCCC1CCC1)OCc1ccccc1. The van der Waals surface area contributed by atoms with E-state index in [9.17, 15) is 9.59 Å². The zero-order valence-corrected chi connectivity index (χ0v) is 24.2. The molecule has 0 spiro atoms. The lowest BCUT2D eigenvalue weighted by atomic mass is 9.82. The number of esters is 2. The minimum Gasteiger partial charge on any atom is -0.466 e. The quantitative estimate of drug-likeness (QED) is 0.130. The van der Waals surface area contributed by atoms with E-state index in [1.165, 1.54) is 51.4 Å². The van der Waals surface area contributed by atoms with E-state index < -0.39 is 0 Å². The molecule has 1 aliphatic rings. The largest absolute Gasteiger partial charge is 0.466 e. The van der Waals surface area contributed by atoms with Crippen molar-refractivity contribution in [3.8, 4) is 0 Å². The molecule has 0 aromatic heterocycles. The Balaban J connectivity index is 0.000000628. The molecule has 0 bridgehead atoms. The van der Waals surface area contributed by atoms with Crippen LogP contribution in [0.3, 0.4) is 0 Å². The molecule has 0 amide bonds. The van der Waals surface area contributed by atoms with Crippen LogP contribution in [-0.2, 0) is 25.7 Å². The highest BCUT2D eigenvalue weighted by Gasteiger charge is 2.16. The van der Waals surface area contributed by atoms with E-state index in [1.54, 1.807) is 6.26 Å². The fraction of sp³-hybridized carbons (Fsp3) is 0.724. The van der Waals surface area contributed by atoms with E-state index in [4.69, 9.17) is 9.47 Å². The maximum atomic E-state index is 11.5. The van der Waals surface area contributed by atoms with Crippen molar-refractivity contribution in [2.24, 2.45) is 11.8 Å². The van der Waals surface area contributed by atoms with Gasteiger partial charge in [-0.3, -0.25) is 9.59 Å². The summed E-state index contributed by atoms with van der Waals surface area (Å²) in [4.78, 5) is 22.6. The van der Waals surface area contributed by atoms with Gasteiger partial charge in [-0.25, -0.2) is 0 Å². The maximum Gasteiger partial charge on any atom is 0.306 e. The molecule has 1 aliphatic carbocycles. The summed E-state index contributed by atoms with van der Waals surface area (Å²) in [6.45, 7) is 4.95. The zero-order chi connectivity index (χ0) is 26.2. The second kappa shape index (κ2) is 24.5. The second-order valence-electron chi connectivity index (χ2n) is 9.08. The highest BCUT2D eigenvalue weighted by atomic mass is 32.1. The Labute approximate surface area is 226 Å². The fourth-order valence-corrected chi connectivity index (χ4v) is 4.33. The topological polar surface area (TPSA) is 52.6 Å². The van der Waals surface area contributed by atoms with Gasteiger partial charge in [-0.05, 0) is 62.0 Å². The van der Waals surface area contributed by atoms with Gasteiger partial charge in [0.1, 0.15) is 6.61 Å². The first-order valence-corrected chi connectivity index (χ1v) is 15.0. The highest BCUT2D eigenvalue weighted by molar-refractivity contribution is 7.80. The van der Waals surface area contributed by atoms with Crippen molar-refractivity contribution in [3.05, 3.63) is 35.9 Å². The molecule has 2 rings (SSSR count). The van der Waals surface area contributed by atoms with Gasteiger partial charge in [0.2, 0.25) is 0 Å². The summed E-state index contributed by atoms with van der Waals surface area (Å²) < 4.78 is 10.1. The van der Waals surface area contributed by atoms with Crippen LogP contribution in [0.2, 0.25) is 0 Å². The van der Waals surface area contributed by atoms with Crippen molar-refractivity contribution in [2.75, 3.05) is 18.6 Å². The van der Waals surface area contributed by atoms with Crippen LogP contribution in [0.15, 0.2) is 30.3 Å². The predicted octanol–water partition coefficient (Wildman–Crippen LogP) is 8.09. The summed E-state index contributed by atoms with van der Waals surface area (Å²) in [6.07, 6.45) is 16.2. The molecule has 1 saturated carbocycles. The number of rotatable bonds is 16. The number of hydrogen-bond acceptors (Lipinski definition) is 6. The zero-order valence-electron chi connectivity index (χ0n) is 22.4. The Hall–Kier alpha value is -1.14. The molecule has 0 saturated heterocycles. The van der Waals surface area contributed by atoms with Gasteiger partial charge in [0.15, 0.2) is 0 Å². The van der Waals surface area contributed by atoms with Gasteiger partial charge >= 0.3 is 11.9 Å². The van der Waals surface area contributed by atoms with Crippen molar-refractivity contribution in [3.63, 3.8) is 0 Å². The molecule has 4 nitrogen and oxygen atoms in total. The molecule has 35 heavy (non-hydrogen) atoms. The van der Waals surface area contributed by atoms with Gasteiger partial charge in [0.25, 0.3) is 0 Å². The van der Waals surface area contributed by atoms with Crippen LogP contribution in [0.1, 0.15) is 103 Å². The number of carbonyl (C=O) groups is 2. The molecule has 6 heteroatoms. The van der Waals surface area contributed by atoms with Crippen LogP contribution < -0.4 is 0 Å². The van der Waals surface area contributed by atoms with Crippen molar-refractivity contribution >= 4 is 37.2 Å². The van der Waals surface area contributed by atoms with Gasteiger partial charge in [0, 0.05) is 12.8 Å². The Morgan fingerprint density at radius 1 is 0.914 bits per heavy atom. The molecule has 202 valence electrons. The van der Waals surface area contributed by atoms with E-state index in [0.29, 0.717) is 26.1 Å². The lowest BCUT2D eigenvalue weighted by molar-refractivity contribution is -0.145. The average Bonchev–Trinajstić information content (AvgIpc) is 2.86. The van der Waals surface area contributed by atoms with E-state index in [1.807, 2.05) is 37.3 Å². The first kappa shape index (κ1) is 33.9. The third-order valence-corrected chi connectivity index (χ3v) is 6.73. The average molecular weight is 527 g/mol. The van der Waals surface area contributed by atoms with Crippen molar-refractivity contribution in [1.29, 1.82) is 0 Å². The maximum absolute atomic E-state index is 11.5. The summed E-state index contributed by atoms with van der Waals surface area (Å²) in [5, 5.41) is 0. The first-order chi connectivity index (χ1) is 17.1. The van der Waals surface area contributed by atoms with Crippen LogP contribution in [-0.4, -0.2) is 30.6 Å². The normalized spacial score (nSPS) is 13.3.